The Morgan fingerprint density at radius 2 is 2.00 bits per heavy atom. The topological polar surface area (TPSA) is 104 Å². The van der Waals surface area contributed by atoms with Crippen LogP contribution in [0.3, 0.4) is 0 Å². The van der Waals surface area contributed by atoms with E-state index in [2.05, 4.69) is 16.0 Å². The van der Waals surface area contributed by atoms with Crippen LogP contribution in [0.15, 0.2) is 53.1 Å². The Morgan fingerprint density at radius 1 is 1.22 bits per heavy atom. The molecule has 0 radical (unpaired) electrons. The lowest BCUT2D eigenvalue weighted by Gasteiger charge is -2.18. The van der Waals surface area contributed by atoms with Gasteiger partial charge in [0.15, 0.2) is 0 Å². The fraction of sp³-hybridized carbons (Fsp3) is 0.316. The Balaban J connectivity index is 1.45. The molecule has 142 valence electrons. The zero-order valence-corrected chi connectivity index (χ0v) is 15.0. The first-order chi connectivity index (χ1) is 13.0. The van der Waals surface area contributed by atoms with Gasteiger partial charge in [0.2, 0.25) is 11.8 Å². The molecule has 0 saturated carbocycles. The third-order valence-corrected chi connectivity index (χ3v) is 4.29. The second-order valence-corrected chi connectivity index (χ2v) is 6.38. The lowest BCUT2D eigenvalue weighted by molar-refractivity contribution is -0.122. The van der Waals surface area contributed by atoms with Crippen LogP contribution in [0.25, 0.3) is 0 Å². The summed E-state index contributed by atoms with van der Waals surface area (Å²) in [4.78, 5) is 38.0. The number of hydrogen-bond donors (Lipinski definition) is 3. The van der Waals surface area contributed by atoms with E-state index in [1.54, 1.807) is 24.0 Å². The molecule has 2 aromatic rings. The van der Waals surface area contributed by atoms with Crippen LogP contribution in [-0.4, -0.2) is 36.5 Å². The van der Waals surface area contributed by atoms with Crippen molar-refractivity contribution in [3.8, 4) is 0 Å². The van der Waals surface area contributed by atoms with Gasteiger partial charge in [0, 0.05) is 18.7 Å². The van der Waals surface area contributed by atoms with Crippen LogP contribution >= 0.6 is 0 Å². The number of hydrogen-bond acceptors (Lipinski definition) is 4. The SMILES string of the molecule is C[C@@H](NC(=O)N[C@H]1CC(=O)N(c2ccccc2)C1)C(=O)NCc1ccco1. The lowest BCUT2D eigenvalue weighted by Crippen LogP contribution is -2.51. The Morgan fingerprint density at radius 3 is 2.70 bits per heavy atom. The average molecular weight is 370 g/mol. The van der Waals surface area contributed by atoms with E-state index in [0.29, 0.717) is 12.3 Å². The molecule has 4 amide bonds. The number of urea groups is 1. The van der Waals surface area contributed by atoms with Crippen LogP contribution in [-0.2, 0) is 16.1 Å². The first-order valence-corrected chi connectivity index (χ1v) is 8.75. The molecule has 8 nitrogen and oxygen atoms in total. The minimum Gasteiger partial charge on any atom is -0.467 e. The van der Waals surface area contributed by atoms with Gasteiger partial charge in [0.25, 0.3) is 0 Å². The normalized spacial score (nSPS) is 17.4. The molecular formula is C19H22N4O4. The number of nitrogens with zero attached hydrogens (tertiary/aromatic N) is 1. The first kappa shape index (κ1) is 18.5. The van der Waals surface area contributed by atoms with Crippen molar-refractivity contribution in [3.05, 3.63) is 54.5 Å². The fourth-order valence-electron chi connectivity index (χ4n) is 2.89. The molecule has 0 bridgehead atoms. The van der Waals surface area contributed by atoms with Crippen molar-refractivity contribution < 1.29 is 18.8 Å². The lowest BCUT2D eigenvalue weighted by atomic mass is 10.2. The number of para-hydroxylation sites is 1. The van der Waals surface area contributed by atoms with Gasteiger partial charge in [-0.25, -0.2) is 4.79 Å². The molecule has 2 atom stereocenters. The van der Waals surface area contributed by atoms with E-state index in [-0.39, 0.29) is 30.8 Å². The standard InChI is InChI=1S/C19H22N4O4/c1-13(18(25)20-11-16-8-5-9-27-16)21-19(26)22-14-10-17(24)23(12-14)15-6-3-2-4-7-15/h2-9,13-14H,10-12H2,1H3,(H,20,25)(H2,21,22,26)/t13-,14+/m1/s1. The summed E-state index contributed by atoms with van der Waals surface area (Å²) in [5, 5.41) is 8.02. The quantitative estimate of drug-likeness (QED) is 0.715. The van der Waals surface area contributed by atoms with Gasteiger partial charge in [0.05, 0.1) is 18.8 Å². The molecule has 1 aromatic carbocycles. The number of rotatable bonds is 6. The summed E-state index contributed by atoms with van der Waals surface area (Å²) in [6.07, 6.45) is 1.75. The van der Waals surface area contributed by atoms with E-state index >= 15 is 0 Å². The number of benzene rings is 1. The molecule has 1 aliphatic rings. The monoisotopic (exact) mass is 370 g/mol. The van der Waals surface area contributed by atoms with Crippen LogP contribution in [0, 0.1) is 0 Å². The van der Waals surface area contributed by atoms with Gasteiger partial charge >= 0.3 is 6.03 Å². The summed E-state index contributed by atoms with van der Waals surface area (Å²) in [6, 6.07) is 11.3. The number of nitrogens with one attached hydrogen (secondary N) is 3. The Bertz CT molecular complexity index is 791. The summed E-state index contributed by atoms with van der Waals surface area (Å²) in [6.45, 7) is 2.24. The molecule has 1 aliphatic heterocycles. The highest BCUT2D eigenvalue weighted by Gasteiger charge is 2.31. The maximum Gasteiger partial charge on any atom is 0.315 e. The van der Waals surface area contributed by atoms with Crippen LogP contribution < -0.4 is 20.9 Å². The molecule has 2 heterocycles. The highest BCUT2D eigenvalue weighted by atomic mass is 16.3. The molecule has 1 fully saturated rings. The maximum absolute atomic E-state index is 12.2. The summed E-state index contributed by atoms with van der Waals surface area (Å²) in [5.41, 5.74) is 0.804. The van der Waals surface area contributed by atoms with E-state index in [9.17, 15) is 14.4 Å². The molecule has 1 saturated heterocycles. The Kier molecular flexibility index (Phi) is 5.75. The minimum absolute atomic E-state index is 0.0456. The molecule has 0 spiro atoms. The molecule has 8 heteroatoms. The Hall–Kier alpha value is -3.29. The second-order valence-electron chi connectivity index (χ2n) is 6.38. The van der Waals surface area contributed by atoms with Gasteiger partial charge < -0.3 is 25.3 Å². The van der Waals surface area contributed by atoms with E-state index in [0.717, 1.165) is 5.69 Å². The number of amides is 4. The molecule has 1 aromatic heterocycles. The summed E-state index contributed by atoms with van der Waals surface area (Å²) >= 11 is 0. The van der Waals surface area contributed by atoms with E-state index in [1.165, 1.54) is 6.26 Å². The zero-order chi connectivity index (χ0) is 19.2. The van der Waals surface area contributed by atoms with Crippen molar-refractivity contribution in [2.45, 2.75) is 32.0 Å². The predicted molar refractivity (Wildman–Crippen MR) is 98.9 cm³/mol. The van der Waals surface area contributed by atoms with Gasteiger partial charge in [-0.3, -0.25) is 9.59 Å². The van der Waals surface area contributed by atoms with E-state index in [1.807, 2.05) is 30.3 Å². The van der Waals surface area contributed by atoms with Gasteiger partial charge in [-0.15, -0.1) is 0 Å². The van der Waals surface area contributed by atoms with Crippen molar-refractivity contribution in [1.29, 1.82) is 0 Å². The number of carbonyl (C=O) groups excluding carboxylic acids is 3. The van der Waals surface area contributed by atoms with E-state index in [4.69, 9.17) is 4.42 Å². The highest BCUT2D eigenvalue weighted by molar-refractivity contribution is 5.97. The Labute approximate surface area is 156 Å². The number of anilines is 1. The van der Waals surface area contributed by atoms with Crippen LogP contribution in [0.1, 0.15) is 19.1 Å². The maximum atomic E-state index is 12.2. The molecule has 0 aliphatic carbocycles. The first-order valence-electron chi connectivity index (χ1n) is 8.75. The van der Waals surface area contributed by atoms with Crippen LogP contribution in [0.4, 0.5) is 10.5 Å². The third-order valence-electron chi connectivity index (χ3n) is 4.29. The van der Waals surface area contributed by atoms with E-state index < -0.39 is 12.1 Å². The summed E-state index contributed by atoms with van der Waals surface area (Å²) in [7, 11) is 0. The van der Waals surface area contributed by atoms with Crippen LogP contribution in [0.2, 0.25) is 0 Å². The zero-order valence-electron chi connectivity index (χ0n) is 15.0. The smallest absolute Gasteiger partial charge is 0.315 e. The third kappa shape index (κ3) is 4.87. The van der Waals surface area contributed by atoms with Crippen molar-refractivity contribution in [2.75, 3.05) is 11.4 Å². The summed E-state index contributed by atoms with van der Waals surface area (Å²) in [5.74, 6) is 0.260. The van der Waals surface area contributed by atoms with Gasteiger partial charge in [-0.1, -0.05) is 18.2 Å². The molecule has 27 heavy (non-hydrogen) atoms. The summed E-state index contributed by atoms with van der Waals surface area (Å²) < 4.78 is 5.14. The highest BCUT2D eigenvalue weighted by Crippen LogP contribution is 2.20. The molecule has 3 N–H and O–H groups in total. The van der Waals surface area contributed by atoms with Crippen LogP contribution in [0.5, 0.6) is 0 Å². The number of furan rings is 1. The van der Waals surface area contributed by atoms with Crippen molar-refractivity contribution in [2.24, 2.45) is 0 Å². The molecule has 3 rings (SSSR count). The minimum atomic E-state index is -0.720. The van der Waals surface area contributed by atoms with Gasteiger partial charge in [-0.05, 0) is 31.2 Å². The van der Waals surface area contributed by atoms with Gasteiger partial charge in [0.1, 0.15) is 11.8 Å². The van der Waals surface area contributed by atoms with Crippen molar-refractivity contribution >= 4 is 23.5 Å². The van der Waals surface area contributed by atoms with Gasteiger partial charge in [-0.2, -0.15) is 0 Å². The predicted octanol–water partition coefficient (Wildman–Crippen LogP) is 1.39. The second kappa shape index (κ2) is 8.39. The number of carbonyl (C=O) groups is 3. The molecular weight excluding hydrogens is 348 g/mol. The van der Waals surface area contributed by atoms with Crippen molar-refractivity contribution in [3.63, 3.8) is 0 Å². The fourth-order valence-corrected chi connectivity index (χ4v) is 2.89. The van der Waals surface area contributed by atoms with Crippen molar-refractivity contribution in [1.82, 2.24) is 16.0 Å². The molecule has 0 unspecified atom stereocenters. The average Bonchev–Trinajstić information content (AvgIpc) is 3.29. The largest absolute Gasteiger partial charge is 0.467 e.